The van der Waals surface area contributed by atoms with E-state index in [1.807, 2.05) is 13.8 Å². The van der Waals surface area contributed by atoms with Crippen LogP contribution >= 0.6 is 0 Å². The van der Waals surface area contributed by atoms with Crippen LogP contribution in [-0.2, 0) is 0 Å². The molecule has 1 aliphatic rings. The van der Waals surface area contributed by atoms with Gasteiger partial charge in [-0.3, -0.25) is 0 Å². The molecule has 0 N–H and O–H groups in total. The molecule has 1 heteroatoms. The van der Waals surface area contributed by atoms with Crippen LogP contribution in [0.1, 0.15) is 33.1 Å². The summed E-state index contributed by atoms with van der Waals surface area (Å²) in [6.45, 7) is 9.13. The number of allylic oxidation sites excluding steroid dienone is 1. The van der Waals surface area contributed by atoms with Crippen molar-refractivity contribution in [1.82, 2.24) is 4.90 Å². The van der Waals surface area contributed by atoms with Crippen LogP contribution in [0.5, 0.6) is 0 Å². The molecule has 0 radical (unpaired) electrons. The Morgan fingerprint density at radius 2 is 1.90 bits per heavy atom. The summed E-state index contributed by atoms with van der Waals surface area (Å²) >= 11 is 0. The van der Waals surface area contributed by atoms with E-state index in [4.69, 9.17) is 0 Å². The number of likely N-dealkylation sites (tertiary alicyclic amines) is 1. The van der Waals surface area contributed by atoms with Gasteiger partial charge in [0.05, 0.1) is 0 Å². The number of piperidine rings is 1. The summed E-state index contributed by atoms with van der Waals surface area (Å²) in [5.74, 6) is 0. The van der Waals surface area contributed by atoms with E-state index in [1.165, 1.54) is 31.5 Å². The SMILES string of the molecule is C=C1CCCCN1C.CC. The van der Waals surface area contributed by atoms with Crippen molar-refractivity contribution < 1.29 is 0 Å². The number of hydrogen-bond donors (Lipinski definition) is 0. The predicted octanol–water partition coefficient (Wildman–Crippen LogP) is 2.64. The molecule has 1 heterocycles. The Labute approximate surface area is 64.7 Å². The molecule has 1 fully saturated rings. The largest absolute Gasteiger partial charge is 0.378 e. The van der Waals surface area contributed by atoms with Gasteiger partial charge in [0.2, 0.25) is 0 Å². The Kier molecular flexibility index (Phi) is 5.09. The maximum atomic E-state index is 3.92. The van der Waals surface area contributed by atoms with Gasteiger partial charge in [0.25, 0.3) is 0 Å². The van der Waals surface area contributed by atoms with E-state index in [0.29, 0.717) is 0 Å². The fourth-order valence-electron chi connectivity index (χ4n) is 1.03. The van der Waals surface area contributed by atoms with Crippen molar-refractivity contribution in [2.75, 3.05) is 13.6 Å². The van der Waals surface area contributed by atoms with Gasteiger partial charge in [-0.25, -0.2) is 0 Å². The summed E-state index contributed by atoms with van der Waals surface area (Å²) in [5.41, 5.74) is 1.30. The third-order valence-electron chi connectivity index (χ3n) is 1.75. The second-order valence-electron chi connectivity index (χ2n) is 2.44. The second-order valence-corrected chi connectivity index (χ2v) is 2.44. The van der Waals surface area contributed by atoms with Crippen LogP contribution < -0.4 is 0 Å². The van der Waals surface area contributed by atoms with Crippen LogP contribution in [0.2, 0.25) is 0 Å². The van der Waals surface area contributed by atoms with Crippen molar-refractivity contribution in [3.63, 3.8) is 0 Å². The zero-order chi connectivity index (χ0) is 7.98. The minimum absolute atomic E-state index is 1.20. The molecule has 0 atom stereocenters. The van der Waals surface area contributed by atoms with Crippen molar-refractivity contribution in [3.8, 4) is 0 Å². The molecule has 0 unspecified atom stereocenters. The van der Waals surface area contributed by atoms with E-state index in [2.05, 4.69) is 18.5 Å². The summed E-state index contributed by atoms with van der Waals surface area (Å²) in [6, 6.07) is 0. The van der Waals surface area contributed by atoms with Crippen LogP contribution in [0, 0.1) is 0 Å². The molecule has 0 aromatic heterocycles. The number of nitrogens with zero attached hydrogens (tertiary/aromatic N) is 1. The first-order chi connectivity index (χ1) is 4.80. The topological polar surface area (TPSA) is 3.24 Å². The molecule has 0 aromatic rings. The third-order valence-corrected chi connectivity index (χ3v) is 1.75. The Hall–Kier alpha value is -0.460. The van der Waals surface area contributed by atoms with Crippen LogP contribution in [0.25, 0.3) is 0 Å². The molecule has 1 nitrogen and oxygen atoms in total. The van der Waals surface area contributed by atoms with Crippen molar-refractivity contribution >= 4 is 0 Å². The quantitative estimate of drug-likeness (QED) is 0.501. The molecule has 10 heavy (non-hydrogen) atoms. The van der Waals surface area contributed by atoms with E-state index in [1.54, 1.807) is 0 Å². The first-order valence-electron chi connectivity index (χ1n) is 4.19. The molecule has 0 aliphatic carbocycles. The lowest BCUT2D eigenvalue weighted by molar-refractivity contribution is 0.347. The minimum Gasteiger partial charge on any atom is -0.378 e. The van der Waals surface area contributed by atoms with Gasteiger partial charge in [-0.15, -0.1) is 0 Å². The molecule has 1 saturated heterocycles. The van der Waals surface area contributed by atoms with Crippen LogP contribution in [0.4, 0.5) is 0 Å². The maximum absolute atomic E-state index is 3.92. The highest BCUT2D eigenvalue weighted by atomic mass is 15.1. The van der Waals surface area contributed by atoms with Crippen LogP contribution in [-0.4, -0.2) is 18.5 Å². The molecule has 1 aliphatic heterocycles. The van der Waals surface area contributed by atoms with Crippen molar-refractivity contribution in [1.29, 1.82) is 0 Å². The Morgan fingerprint density at radius 3 is 2.20 bits per heavy atom. The Balaban J connectivity index is 0.000000371. The van der Waals surface area contributed by atoms with E-state index in [0.717, 1.165) is 0 Å². The van der Waals surface area contributed by atoms with Gasteiger partial charge >= 0.3 is 0 Å². The van der Waals surface area contributed by atoms with Gasteiger partial charge in [0, 0.05) is 19.3 Å². The van der Waals surface area contributed by atoms with E-state index in [-0.39, 0.29) is 0 Å². The van der Waals surface area contributed by atoms with E-state index in [9.17, 15) is 0 Å². The highest BCUT2D eigenvalue weighted by molar-refractivity contribution is 4.94. The first kappa shape index (κ1) is 9.54. The molecule has 0 saturated carbocycles. The summed E-state index contributed by atoms with van der Waals surface area (Å²) < 4.78 is 0. The fraction of sp³-hybridized carbons (Fsp3) is 0.778. The predicted molar refractivity (Wildman–Crippen MR) is 47.0 cm³/mol. The third kappa shape index (κ3) is 2.90. The van der Waals surface area contributed by atoms with Gasteiger partial charge < -0.3 is 4.90 Å². The van der Waals surface area contributed by atoms with Crippen molar-refractivity contribution in [2.24, 2.45) is 0 Å². The molecule has 0 aromatic carbocycles. The zero-order valence-corrected chi connectivity index (χ0v) is 7.48. The van der Waals surface area contributed by atoms with E-state index < -0.39 is 0 Å². The molecule has 60 valence electrons. The minimum atomic E-state index is 1.20. The average Bonchev–Trinajstić information content (AvgIpc) is 2.00. The van der Waals surface area contributed by atoms with E-state index >= 15 is 0 Å². The normalized spacial score (nSPS) is 17.9. The van der Waals surface area contributed by atoms with Gasteiger partial charge in [-0.2, -0.15) is 0 Å². The maximum Gasteiger partial charge on any atom is 0.0171 e. The highest BCUT2D eigenvalue weighted by Crippen LogP contribution is 2.15. The van der Waals surface area contributed by atoms with Gasteiger partial charge in [0.15, 0.2) is 0 Å². The molecular formula is C9H19N. The molecule has 0 bridgehead atoms. The van der Waals surface area contributed by atoms with Gasteiger partial charge in [0.1, 0.15) is 0 Å². The van der Waals surface area contributed by atoms with Crippen LogP contribution in [0.15, 0.2) is 12.3 Å². The molecule has 0 amide bonds. The Bertz CT molecular complexity index is 96.9. The second kappa shape index (κ2) is 5.33. The lowest BCUT2D eigenvalue weighted by Crippen LogP contribution is -2.22. The summed E-state index contributed by atoms with van der Waals surface area (Å²) in [7, 11) is 2.11. The standard InChI is InChI=1S/C7H13N.C2H6/c1-7-5-3-4-6-8(7)2;1-2/h1,3-6H2,2H3;1-2H3. The summed E-state index contributed by atoms with van der Waals surface area (Å²) in [6.07, 6.45) is 3.88. The summed E-state index contributed by atoms with van der Waals surface area (Å²) in [4.78, 5) is 2.24. The number of rotatable bonds is 0. The van der Waals surface area contributed by atoms with Gasteiger partial charge in [-0.05, 0) is 19.3 Å². The van der Waals surface area contributed by atoms with Gasteiger partial charge in [-0.1, -0.05) is 20.4 Å². The first-order valence-corrected chi connectivity index (χ1v) is 4.19. The van der Waals surface area contributed by atoms with Crippen molar-refractivity contribution in [3.05, 3.63) is 12.3 Å². The Morgan fingerprint density at radius 1 is 1.30 bits per heavy atom. The zero-order valence-electron chi connectivity index (χ0n) is 7.48. The lowest BCUT2D eigenvalue weighted by atomic mass is 10.1. The molecule has 1 rings (SSSR count). The monoisotopic (exact) mass is 141 g/mol. The highest BCUT2D eigenvalue weighted by Gasteiger charge is 2.06. The van der Waals surface area contributed by atoms with Crippen molar-refractivity contribution in [2.45, 2.75) is 33.1 Å². The smallest absolute Gasteiger partial charge is 0.0171 e. The lowest BCUT2D eigenvalue weighted by Gasteiger charge is -2.26. The van der Waals surface area contributed by atoms with Crippen LogP contribution in [0.3, 0.4) is 0 Å². The fourth-order valence-corrected chi connectivity index (χ4v) is 1.03. The average molecular weight is 141 g/mol. The number of hydrogen-bond acceptors (Lipinski definition) is 1. The summed E-state index contributed by atoms with van der Waals surface area (Å²) in [5, 5.41) is 0. The molecule has 0 spiro atoms. The molecular weight excluding hydrogens is 122 g/mol.